The Balaban J connectivity index is 1.60. The Morgan fingerprint density at radius 3 is 2.30 bits per heavy atom. The van der Waals surface area contributed by atoms with E-state index in [1.54, 1.807) is 0 Å². The number of carbonyl (C=O) groups is 1. The van der Waals surface area contributed by atoms with Gasteiger partial charge in [0, 0.05) is 13.1 Å². The summed E-state index contributed by atoms with van der Waals surface area (Å²) in [5.74, 6) is 1.94. The fraction of sp³-hybridized carbons (Fsp3) is 0.941. The number of β-amino-alcohol motifs (C(OH)–C–C–N with tert-alkyl or cyclic N) is 1. The minimum absolute atomic E-state index is 0.0702. The van der Waals surface area contributed by atoms with Crippen molar-refractivity contribution in [3.8, 4) is 0 Å². The van der Waals surface area contributed by atoms with Gasteiger partial charge in [-0.05, 0) is 69.1 Å². The van der Waals surface area contributed by atoms with Crippen molar-refractivity contribution in [1.82, 2.24) is 4.90 Å². The smallest absolute Gasteiger partial charge is 0.228 e. The number of carbonyl (C=O) groups excluding carboxylic acids is 1. The molecule has 5 aliphatic rings. The quantitative estimate of drug-likeness (QED) is 0.800. The highest BCUT2D eigenvalue weighted by molar-refractivity contribution is 5.83. The van der Waals surface area contributed by atoms with Crippen molar-refractivity contribution < 1.29 is 9.90 Å². The molecule has 5 rings (SSSR count). The van der Waals surface area contributed by atoms with Gasteiger partial charge in [-0.1, -0.05) is 6.92 Å². The summed E-state index contributed by atoms with van der Waals surface area (Å²) in [5, 5.41) is 10.2. The first-order valence-corrected chi connectivity index (χ1v) is 8.31. The van der Waals surface area contributed by atoms with E-state index in [4.69, 9.17) is 0 Å². The maximum atomic E-state index is 13.1. The molecule has 0 radical (unpaired) electrons. The second-order valence-corrected chi connectivity index (χ2v) is 9.03. The molecule has 4 aliphatic carbocycles. The molecule has 0 aromatic heterocycles. The van der Waals surface area contributed by atoms with E-state index in [2.05, 4.69) is 6.92 Å². The Hall–Kier alpha value is -0.570. The fourth-order valence-corrected chi connectivity index (χ4v) is 6.42. The number of likely N-dealkylation sites (tertiary alicyclic amines) is 1. The van der Waals surface area contributed by atoms with Gasteiger partial charge in [0.05, 0.1) is 11.0 Å². The van der Waals surface area contributed by atoms with Gasteiger partial charge < -0.3 is 10.0 Å². The fourth-order valence-electron chi connectivity index (χ4n) is 6.42. The van der Waals surface area contributed by atoms with Crippen LogP contribution in [0, 0.1) is 22.7 Å². The van der Waals surface area contributed by atoms with Crippen molar-refractivity contribution in [3.63, 3.8) is 0 Å². The van der Waals surface area contributed by atoms with Crippen LogP contribution < -0.4 is 0 Å². The normalized spacial score (nSPS) is 53.6. The molecule has 4 saturated carbocycles. The number of amides is 1. The third-order valence-corrected chi connectivity index (χ3v) is 6.55. The largest absolute Gasteiger partial charge is 0.388 e. The van der Waals surface area contributed by atoms with Crippen molar-refractivity contribution in [1.29, 1.82) is 0 Å². The molecule has 0 spiro atoms. The van der Waals surface area contributed by atoms with Gasteiger partial charge in [0.2, 0.25) is 5.91 Å². The zero-order chi connectivity index (χ0) is 14.2. The van der Waals surface area contributed by atoms with Gasteiger partial charge in [-0.2, -0.15) is 0 Å². The molecule has 0 aromatic carbocycles. The summed E-state index contributed by atoms with van der Waals surface area (Å²) in [6, 6.07) is 0. The van der Waals surface area contributed by atoms with Gasteiger partial charge in [0.1, 0.15) is 0 Å². The first kappa shape index (κ1) is 13.1. The highest BCUT2D eigenvalue weighted by atomic mass is 16.3. The lowest BCUT2D eigenvalue weighted by molar-refractivity contribution is -0.165. The number of aliphatic hydroxyl groups is 1. The van der Waals surface area contributed by atoms with E-state index in [1.165, 1.54) is 19.3 Å². The Morgan fingerprint density at radius 2 is 1.80 bits per heavy atom. The van der Waals surface area contributed by atoms with Crippen molar-refractivity contribution in [2.75, 3.05) is 13.1 Å². The molecule has 3 atom stereocenters. The van der Waals surface area contributed by atoms with Crippen molar-refractivity contribution in [3.05, 3.63) is 0 Å². The van der Waals surface area contributed by atoms with Crippen molar-refractivity contribution in [2.45, 2.75) is 64.4 Å². The summed E-state index contributed by atoms with van der Waals surface area (Å²) in [7, 11) is 0. The highest BCUT2D eigenvalue weighted by Gasteiger charge is 2.60. The van der Waals surface area contributed by atoms with E-state index in [1.807, 2.05) is 11.8 Å². The van der Waals surface area contributed by atoms with Crippen LogP contribution in [0.4, 0.5) is 0 Å². The number of rotatable bonds is 1. The monoisotopic (exact) mass is 277 g/mol. The third-order valence-electron chi connectivity index (χ3n) is 6.55. The van der Waals surface area contributed by atoms with Gasteiger partial charge in [0.25, 0.3) is 0 Å². The average Bonchev–Trinajstić information content (AvgIpc) is 2.65. The Bertz CT molecular complexity index is 442. The van der Waals surface area contributed by atoms with Gasteiger partial charge in [-0.3, -0.25) is 4.79 Å². The van der Waals surface area contributed by atoms with Gasteiger partial charge in [-0.15, -0.1) is 0 Å². The van der Waals surface area contributed by atoms with E-state index in [-0.39, 0.29) is 5.41 Å². The lowest BCUT2D eigenvalue weighted by Gasteiger charge is -2.61. The van der Waals surface area contributed by atoms with E-state index >= 15 is 0 Å². The molecule has 5 fully saturated rings. The Morgan fingerprint density at radius 1 is 1.15 bits per heavy atom. The highest BCUT2D eigenvalue weighted by Crippen LogP contribution is 2.65. The lowest BCUT2D eigenvalue weighted by Crippen LogP contribution is -2.57. The SMILES string of the molecule is CC1(O)CCN(C(=O)C23CC4CC(CC(C)(C4)C2)C3)C1. The van der Waals surface area contributed by atoms with Crippen LogP contribution in [0.25, 0.3) is 0 Å². The predicted molar refractivity (Wildman–Crippen MR) is 77.0 cm³/mol. The van der Waals surface area contributed by atoms with Crippen LogP contribution in [0.2, 0.25) is 0 Å². The van der Waals surface area contributed by atoms with Crippen LogP contribution in [0.1, 0.15) is 58.8 Å². The van der Waals surface area contributed by atoms with Gasteiger partial charge >= 0.3 is 0 Å². The topological polar surface area (TPSA) is 40.5 Å². The zero-order valence-corrected chi connectivity index (χ0v) is 12.8. The zero-order valence-electron chi connectivity index (χ0n) is 12.8. The predicted octanol–water partition coefficient (Wildman–Crippen LogP) is 2.58. The molecule has 0 aromatic rings. The van der Waals surface area contributed by atoms with Crippen LogP contribution >= 0.6 is 0 Å². The van der Waals surface area contributed by atoms with Crippen LogP contribution in [-0.4, -0.2) is 34.6 Å². The molecule has 1 amide bonds. The second-order valence-electron chi connectivity index (χ2n) is 9.03. The first-order valence-electron chi connectivity index (χ1n) is 8.31. The van der Waals surface area contributed by atoms with Crippen molar-refractivity contribution >= 4 is 5.91 Å². The maximum Gasteiger partial charge on any atom is 0.228 e. The van der Waals surface area contributed by atoms with E-state index in [0.717, 1.165) is 44.1 Å². The number of hydrogen-bond acceptors (Lipinski definition) is 2. The molecular weight excluding hydrogens is 250 g/mol. The summed E-state index contributed by atoms with van der Waals surface area (Å²) >= 11 is 0. The van der Waals surface area contributed by atoms with Crippen molar-refractivity contribution in [2.24, 2.45) is 22.7 Å². The number of nitrogens with zero attached hydrogens (tertiary/aromatic N) is 1. The van der Waals surface area contributed by atoms with E-state index < -0.39 is 5.60 Å². The molecule has 1 N–H and O–H groups in total. The molecule has 112 valence electrons. The molecule has 3 unspecified atom stereocenters. The molecule has 1 heterocycles. The lowest BCUT2D eigenvalue weighted by atomic mass is 9.44. The van der Waals surface area contributed by atoms with E-state index in [0.29, 0.717) is 17.9 Å². The Labute approximate surface area is 121 Å². The summed E-state index contributed by atoms with van der Waals surface area (Å²) < 4.78 is 0. The van der Waals surface area contributed by atoms with Gasteiger partial charge in [0.15, 0.2) is 0 Å². The Kier molecular flexibility index (Phi) is 2.49. The average molecular weight is 277 g/mol. The summed E-state index contributed by atoms with van der Waals surface area (Å²) in [5.41, 5.74) is -0.316. The minimum Gasteiger partial charge on any atom is -0.388 e. The van der Waals surface area contributed by atoms with Gasteiger partial charge in [-0.25, -0.2) is 0 Å². The molecule has 3 nitrogen and oxygen atoms in total. The van der Waals surface area contributed by atoms with Crippen LogP contribution in [0.15, 0.2) is 0 Å². The summed E-state index contributed by atoms with van der Waals surface area (Å²) in [4.78, 5) is 15.1. The minimum atomic E-state index is -0.665. The first-order chi connectivity index (χ1) is 9.29. The second kappa shape index (κ2) is 3.79. The van der Waals surface area contributed by atoms with E-state index in [9.17, 15) is 9.90 Å². The molecule has 1 saturated heterocycles. The molecule has 4 bridgehead atoms. The molecular formula is C17H27NO2. The summed E-state index contributed by atoms with van der Waals surface area (Å²) in [6.45, 7) is 5.56. The molecule has 3 heteroatoms. The standard InChI is InChI=1S/C17H27NO2/c1-15-6-12-5-13(7-15)9-17(8-12,10-15)14(19)18-4-3-16(2,20)11-18/h12-13,20H,3-11H2,1-2H3. The number of hydrogen-bond donors (Lipinski definition) is 1. The third kappa shape index (κ3) is 1.85. The summed E-state index contributed by atoms with van der Waals surface area (Å²) in [6.07, 6.45) is 8.13. The van der Waals surface area contributed by atoms with Crippen LogP contribution in [0.3, 0.4) is 0 Å². The van der Waals surface area contributed by atoms with Crippen LogP contribution in [-0.2, 0) is 4.79 Å². The maximum absolute atomic E-state index is 13.1. The molecule has 20 heavy (non-hydrogen) atoms. The molecule has 1 aliphatic heterocycles. The van der Waals surface area contributed by atoms with Crippen LogP contribution in [0.5, 0.6) is 0 Å².